The van der Waals surface area contributed by atoms with E-state index in [1.54, 1.807) is 42.4 Å². The number of sulfone groups is 1. The number of hydrogen-bond acceptors (Lipinski definition) is 4. The molecular weight excluding hydrogens is 290 g/mol. The van der Waals surface area contributed by atoms with E-state index in [2.05, 4.69) is 0 Å². The maximum absolute atomic E-state index is 12.4. The molecule has 0 saturated heterocycles. The van der Waals surface area contributed by atoms with Crippen molar-refractivity contribution in [3.63, 3.8) is 0 Å². The first kappa shape index (κ1) is 15.6. The summed E-state index contributed by atoms with van der Waals surface area (Å²) in [7, 11) is -1.64. The summed E-state index contributed by atoms with van der Waals surface area (Å²) in [6, 6.07) is 6.61. The van der Waals surface area contributed by atoms with Crippen LogP contribution in [0.15, 0.2) is 35.7 Å². The fraction of sp³-hybridized carbons (Fsp3) is 0.400. The molecular formula is C15H19NO4S. The molecule has 1 amide bonds. The average molecular weight is 309 g/mol. The topological polar surface area (TPSA) is 63.7 Å². The molecule has 1 aromatic rings. The van der Waals surface area contributed by atoms with E-state index in [4.69, 9.17) is 4.74 Å². The van der Waals surface area contributed by atoms with Crippen LogP contribution in [0.5, 0.6) is 5.75 Å². The predicted octanol–water partition coefficient (Wildman–Crippen LogP) is 2.14. The van der Waals surface area contributed by atoms with E-state index in [-0.39, 0.29) is 11.7 Å². The van der Waals surface area contributed by atoms with Crippen molar-refractivity contribution in [1.82, 2.24) is 0 Å². The standard InChI is InChI=1S/C15H19NO4S/c1-3-4-15(17)16(13-9-10-21(18,19)11-13)12-5-7-14(20-2)8-6-12/h5-10,13H,3-4,11H2,1-2H3/t13-/m0/s1. The van der Waals surface area contributed by atoms with Crippen molar-refractivity contribution in [2.75, 3.05) is 17.8 Å². The molecule has 0 bridgehead atoms. The van der Waals surface area contributed by atoms with Gasteiger partial charge in [-0.2, -0.15) is 0 Å². The first-order valence-electron chi connectivity index (χ1n) is 6.84. The molecule has 1 atom stereocenters. The van der Waals surface area contributed by atoms with Crippen molar-refractivity contribution in [2.45, 2.75) is 25.8 Å². The molecule has 0 aliphatic carbocycles. The minimum absolute atomic E-state index is 0.0610. The van der Waals surface area contributed by atoms with Crippen molar-refractivity contribution < 1.29 is 17.9 Å². The fourth-order valence-corrected chi connectivity index (χ4v) is 3.59. The summed E-state index contributed by atoms with van der Waals surface area (Å²) in [6.07, 6.45) is 2.68. The Morgan fingerprint density at radius 3 is 2.48 bits per heavy atom. The Hall–Kier alpha value is -1.82. The lowest BCUT2D eigenvalue weighted by molar-refractivity contribution is -0.118. The number of nitrogens with zero attached hydrogens (tertiary/aromatic N) is 1. The van der Waals surface area contributed by atoms with E-state index in [1.165, 1.54) is 5.41 Å². The second-order valence-corrected chi connectivity index (χ2v) is 6.87. The third kappa shape index (κ3) is 3.64. The Morgan fingerprint density at radius 1 is 1.33 bits per heavy atom. The smallest absolute Gasteiger partial charge is 0.227 e. The van der Waals surface area contributed by atoms with Crippen LogP contribution in [0.2, 0.25) is 0 Å². The number of methoxy groups -OCH3 is 1. The number of ether oxygens (including phenoxy) is 1. The third-order valence-corrected chi connectivity index (χ3v) is 4.70. The Morgan fingerprint density at radius 2 is 2.00 bits per heavy atom. The Bertz CT molecular complexity index is 634. The molecule has 1 heterocycles. The van der Waals surface area contributed by atoms with Gasteiger partial charge < -0.3 is 9.64 Å². The second-order valence-electron chi connectivity index (χ2n) is 4.94. The molecule has 5 nitrogen and oxygen atoms in total. The average Bonchev–Trinajstić information content (AvgIpc) is 2.80. The van der Waals surface area contributed by atoms with Gasteiger partial charge in [-0.3, -0.25) is 4.79 Å². The molecule has 21 heavy (non-hydrogen) atoms. The van der Waals surface area contributed by atoms with E-state index in [0.717, 1.165) is 0 Å². The summed E-state index contributed by atoms with van der Waals surface area (Å²) >= 11 is 0. The van der Waals surface area contributed by atoms with Crippen molar-refractivity contribution in [3.05, 3.63) is 35.7 Å². The molecule has 1 aliphatic heterocycles. The summed E-state index contributed by atoms with van der Waals surface area (Å²) in [4.78, 5) is 13.9. The highest BCUT2D eigenvalue weighted by atomic mass is 32.2. The van der Waals surface area contributed by atoms with Gasteiger partial charge in [0, 0.05) is 17.5 Å². The van der Waals surface area contributed by atoms with Crippen LogP contribution >= 0.6 is 0 Å². The molecule has 6 heteroatoms. The molecule has 0 saturated carbocycles. The highest BCUT2D eigenvalue weighted by molar-refractivity contribution is 7.94. The summed E-state index contributed by atoms with van der Waals surface area (Å²) in [5.74, 6) is 0.555. The number of rotatable bonds is 5. The van der Waals surface area contributed by atoms with Gasteiger partial charge in [-0.05, 0) is 36.8 Å². The number of benzene rings is 1. The van der Waals surface area contributed by atoms with Crippen molar-refractivity contribution in [2.24, 2.45) is 0 Å². The maximum Gasteiger partial charge on any atom is 0.227 e. The molecule has 0 N–H and O–H groups in total. The van der Waals surface area contributed by atoms with E-state index in [1.807, 2.05) is 6.92 Å². The second kappa shape index (κ2) is 6.30. The maximum atomic E-state index is 12.4. The molecule has 0 radical (unpaired) electrons. The molecule has 114 valence electrons. The quantitative estimate of drug-likeness (QED) is 0.836. The van der Waals surface area contributed by atoms with Crippen LogP contribution in [0.3, 0.4) is 0 Å². The van der Waals surface area contributed by atoms with Crippen LogP contribution in [-0.4, -0.2) is 33.2 Å². The highest BCUT2D eigenvalue weighted by Gasteiger charge is 2.30. The fourth-order valence-electron chi connectivity index (χ4n) is 2.32. The normalized spacial score (nSPS) is 19.4. The first-order chi connectivity index (χ1) is 9.96. The van der Waals surface area contributed by atoms with Crippen LogP contribution in [0, 0.1) is 0 Å². The summed E-state index contributed by atoms with van der Waals surface area (Å²) < 4.78 is 28.3. The summed E-state index contributed by atoms with van der Waals surface area (Å²) in [5, 5.41) is 1.19. The summed E-state index contributed by atoms with van der Waals surface area (Å²) in [6.45, 7) is 1.92. The Balaban J connectivity index is 2.32. The molecule has 2 rings (SSSR count). The van der Waals surface area contributed by atoms with Crippen LogP contribution in [0.1, 0.15) is 19.8 Å². The van der Waals surface area contributed by atoms with Gasteiger partial charge >= 0.3 is 0 Å². The van der Waals surface area contributed by atoms with E-state index in [9.17, 15) is 13.2 Å². The molecule has 1 aromatic carbocycles. The molecule has 0 fully saturated rings. The zero-order chi connectivity index (χ0) is 15.5. The van der Waals surface area contributed by atoms with Gasteiger partial charge in [-0.25, -0.2) is 8.42 Å². The van der Waals surface area contributed by atoms with Gasteiger partial charge in [-0.1, -0.05) is 6.92 Å². The van der Waals surface area contributed by atoms with Gasteiger partial charge in [0.1, 0.15) is 5.75 Å². The van der Waals surface area contributed by atoms with Gasteiger partial charge in [0.05, 0.1) is 18.9 Å². The van der Waals surface area contributed by atoms with E-state index < -0.39 is 15.9 Å². The minimum Gasteiger partial charge on any atom is -0.497 e. The zero-order valence-electron chi connectivity index (χ0n) is 12.2. The molecule has 0 unspecified atom stereocenters. The third-order valence-electron chi connectivity index (χ3n) is 3.33. The number of carbonyl (C=O) groups excluding carboxylic acids is 1. The highest BCUT2D eigenvalue weighted by Crippen LogP contribution is 2.26. The molecule has 0 aromatic heterocycles. The van der Waals surface area contributed by atoms with Crippen LogP contribution in [0.25, 0.3) is 0 Å². The number of anilines is 1. The largest absolute Gasteiger partial charge is 0.497 e. The number of hydrogen-bond donors (Lipinski definition) is 0. The first-order valence-corrected chi connectivity index (χ1v) is 8.55. The van der Waals surface area contributed by atoms with Crippen LogP contribution in [-0.2, 0) is 14.6 Å². The van der Waals surface area contributed by atoms with E-state index >= 15 is 0 Å². The zero-order valence-corrected chi connectivity index (χ0v) is 13.0. The van der Waals surface area contributed by atoms with Crippen LogP contribution < -0.4 is 9.64 Å². The molecule has 0 spiro atoms. The van der Waals surface area contributed by atoms with Gasteiger partial charge in [0.25, 0.3) is 0 Å². The van der Waals surface area contributed by atoms with Gasteiger partial charge in [0.2, 0.25) is 5.91 Å². The van der Waals surface area contributed by atoms with Crippen molar-refractivity contribution in [3.8, 4) is 5.75 Å². The lowest BCUT2D eigenvalue weighted by atomic mass is 10.1. The SMILES string of the molecule is CCCC(=O)N(c1ccc(OC)cc1)[C@H]1C=CS(=O)(=O)C1. The lowest BCUT2D eigenvalue weighted by Gasteiger charge is -2.27. The van der Waals surface area contributed by atoms with Crippen molar-refractivity contribution in [1.29, 1.82) is 0 Å². The van der Waals surface area contributed by atoms with E-state index in [0.29, 0.717) is 24.3 Å². The summed E-state index contributed by atoms with van der Waals surface area (Å²) in [5.41, 5.74) is 0.681. The number of amides is 1. The molecule has 1 aliphatic rings. The monoisotopic (exact) mass is 309 g/mol. The Kier molecular flexibility index (Phi) is 4.67. The lowest BCUT2D eigenvalue weighted by Crippen LogP contribution is -2.41. The number of carbonyl (C=O) groups is 1. The predicted molar refractivity (Wildman–Crippen MR) is 82.1 cm³/mol. The Labute approximate surface area is 125 Å². The van der Waals surface area contributed by atoms with Crippen molar-refractivity contribution >= 4 is 21.4 Å². The van der Waals surface area contributed by atoms with Gasteiger partial charge in [-0.15, -0.1) is 0 Å². The van der Waals surface area contributed by atoms with Gasteiger partial charge in [0.15, 0.2) is 9.84 Å². The van der Waals surface area contributed by atoms with Crippen LogP contribution in [0.4, 0.5) is 5.69 Å². The minimum atomic E-state index is -3.21.